The maximum Gasteiger partial charge on any atom is 0.337 e. The molecule has 2 aromatic carbocycles. The van der Waals surface area contributed by atoms with Gasteiger partial charge in [0.2, 0.25) is 11.8 Å². The molecule has 0 unspecified atom stereocenters. The molecule has 0 aliphatic carbocycles. The number of aromatic nitrogens is 1. The van der Waals surface area contributed by atoms with Crippen molar-refractivity contribution in [3.8, 4) is 0 Å². The Bertz CT molecular complexity index is 1310. The first kappa shape index (κ1) is 21.0. The van der Waals surface area contributed by atoms with Gasteiger partial charge >= 0.3 is 5.97 Å². The van der Waals surface area contributed by atoms with Crippen LogP contribution in [-0.4, -0.2) is 46.2 Å². The van der Waals surface area contributed by atoms with Gasteiger partial charge in [0, 0.05) is 54.8 Å². The van der Waals surface area contributed by atoms with E-state index >= 15 is 0 Å². The van der Waals surface area contributed by atoms with Gasteiger partial charge in [-0.3, -0.25) is 9.59 Å². The van der Waals surface area contributed by atoms with Gasteiger partial charge in [0.15, 0.2) is 0 Å². The molecule has 1 atom stereocenters. The van der Waals surface area contributed by atoms with Gasteiger partial charge in [-0.1, -0.05) is 24.3 Å². The molecule has 7 nitrogen and oxygen atoms in total. The number of rotatable bonds is 3. The van der Waals surface area contributed by atoms with E-state index in [1.807, 2.05) is 47.4 Å². The highest BCUT2D eigenvalue weighted by Gasteiger charge is 2.31. The van der Waals surface area contributed by atoms with E-state index in [4.69, 9.17) is 4.74 Å². The third kappa shape index (κ3) is 3.69. The predicted octanol–water partition coefficient (Wildman–Crippen LogP) is 3.80. The molecule has 5 rings (SSSR count). The van der Waals surface area contributed by atoms with Crippen molar-refractivity contribution in [2.75, 3.05) is 13.7 Å². The van der Waals surface area contributed by atoms with Crippen LogP contribution in [0.15, 0.2) is 48.7 Å². The molecule has 2 aliphatic heterocycles. The minimum Gasteiger partial charge on any atom is -0.465 e. The van der Waals surface area contributed by atoms with Crippen LogP contribution in [0, 0.1) is 0 Å². The summed E-state index contributed by atoms with van der Waals surface area (Å²) in [6.45, 7) is 2.59. The smallest absolute Gasteiger partial charge is 0.337 e. The number of H-pyrrole nitrogens is 1. The number of aromatic amines is 1. The summed E-state index contributed by atoms with van der Waals surface area (Å²) in [4.78, 5) is 44.6. The maximum atomic E-state index is 13.4. The first-order valence-corrected chi connectivity index (χ1v) is 11.0. The summed E-state index contributed by atoms with van der Waals surface area (Å²) in [5, 5.41) is 0.932. The summed E-state index contributed by atoms with van der Waals surface area (Å²) >= 11 is 0. The lowest BCUT2D eigenvalue weighted by molar-refractivity contribution is -0.135. The molecule has 0 bridgehead atoms. The van der Waals surface area contributed by atoms with Crippen LogP contribution in [0.2, 0.25) is 0 Å². The van der Waals surface area contributed by atoms with Gasteiger partial charge in [-0.15, -0.1) is 0 Å². The Balaban J connectivity index is 1.41. The highest BCUT2D eigenvalue weighted by molar-refractivity contribution is 5.96. The normalized spacial score (nSPS) is 17.0. The van der Waals surface area contributed by atoms with Crippen molar-refractivity contribution in [3.05, 3.63) is 76.6 Å². The third-order valence-corrected chi connectivity index (χ3v) is 6.59. The number of ether oxygens (including phenoxy) is 1. The van der Waals surface area contributed by atoms with Crippen LogP contribution in [0.5, 0.6) is 0 Å². The molecule has 168 valence electrons. The van der Waals surface area contributed by atoms with Crippen LogP contribution in [0.4, 0.5) is 0 Å². The van der Waals surface area contributed by atoms with E-state index in [9.17, 15) is 14.4 Å². The molecule has 0 saturated heterocycles. The van der Waals surface area contributed by atoms with E-state index in [0.29, 0.717) is 25.1 Å². The highest BCUT2D eigenvalue weighted by Crippen LogP contribution is 2.35. The lowest BCUT2D eigenvalue weighted by atomic mass is 9.93. The van der Waals surface area contributed by atoms with Crippen molar-refractivity contribution in [1.29, 1.82) is 0 Å². The van der Waals surface area contributed by atoms with Gasteiger partial charge < -0.3 is 19.5 Å². The predicted molar refractivity (Wildman–Crippen MR) is 124 cm³/mol. The second-order valence-corrected chi connectivity index (χ2v) is 8.49. The van der Waals surface area contributed by atoms with Crippen molar-refractivity contribution in [2.45, 2.75) is 32.4 Å². The Kier molecular flexibility index (Phi) is 5.24. The van der Waals surface area contributed by atoms with Gasteiger partial charge in [-0.2, -0.15) is 0 Å². The van der Waals surface area contributed by atoms with Crippen LogP contribution < -0.4 is 0 Å². The number of hydrogen-bond acceptors (Lipinski definition) is 4. The molecular weight excluding hydrogens is 418 g/mol. The zero-order chi connectivity index (χ0) is 23.1. The van der Waals surface area contributed by atoms with Crippen molar-refractivity contribution in [2.24, 2.45) is 0 Å². The van der Waals surface area contributed by atoms with E-state index in [1.54, 1.807) is 17.2 Å². The molecule has 0 spiro atoms. The van der Waals surface area contributed by atoms with E-state index in [2.05, 4.69) is 4.98 Å². The topological polar surface area (TPSA) is 82.7 Å². The van der Waals surface area contributed by atoms with E-state index in [0.717, 1.165) is 33.3 Å². The largest absolute Gasteiger partial charge is 0.465 e. The van der Waals surface area contributed by atoms with Crippen molar-refractivity contribution >= 4 is 34.8 Å². The summed E-state index contributed by atoms with van der Waals surface area (Å²) in [6, 6.07) is 13.0. The Hall–Kier alpha value is -3.87. The molecule has 7 heteroatoms. The Labute approximate surface area is 191 Å². The average Bonchev–Trinajstić information content (AvgIpc) is 3.20. The maximum absolute atomic E-state index is 13.4. The van der Waals surface area contributed by atoms with Crippen LogP contribution in [0.3, 0.4) is 0 Å². The molecule has 0 fully saturated rings. The lowest BCUT2D eigenvalue weighted by Gasteiger charge is -2.35. The number of benzene rings is 2. The third-order valence-electron chi connectivity index (χ3n) is 6.59. The van der Waals surface area contributed by atoms with Crippen molar-refractivity contribution in [3.63, 3.8) is 0 Å². The minimum atomic E-state index is -0.385. The molecular formula is C26H25N3O4. The fourth-order valence-electron chi connectivity index (χ4n) is 4.88. The summed E-state index contributed by atoms with van der Waals surface area (Å²) in [5.41, 5.74) is 5.56. The summed E-state index contributed by atoms with van der Waals surface area (Å²) in [6.07, 6.45) is 4.60. The van der Waals surface area contributed by atoms with Gasteiger partial charge in [-0.25, -0.2) is 4.79 Å². The first-order valence-electron chi connectivity index (χ1n) is 11.0. The molecule has 0 saturated carbocycles. The molecule has 3 aromatic rings. The van der Waals surface area contributed by atoms with Crippen molar-refractivity contribution in [1.82, 2.24) is 14.8 Å². The van der Waals surface area contributed by atoms with Crippen LogP contribution in [0.1, 0.15) is 52.1 Å². The number of esters is 1. The Morgan fingerprint density at radius 1 is 1.15 bits per heavy atom. The van der Waals surface area contributed by atoms with Crippen molar-refractivity contribution < 1.29 is 19.1 Å². The fraction of sp³-hybridized carbons (Fsp3) is 0.269. The minimum absolute atomic E-state index is 0.000440. The molecule has 1 aromatic heterocycles. The van der Waals surface area contributed by atoms with Crippen LogP contribution >= 0.6 is 0 Å². The number of carbonyl (C=O) groups excluding carboxylic acids is 3. The van der Waals surface area contributed by atoms with Gasteiger partial charge in [0.25, 0.3) is 0 Å². The number of nitrogens with one attached hydrogen (secondary N) is 1. The number of carbonyl (C=O) groups is 3. The molecule has 3 heterocycles. The average molecular weight is 444 g/mol. The zero-order valence-electron chi connectivity index (χ0n) is 18.6. The number of nitrogens with zero attached hydrogens (tertiary/aromatic N) is 2. The monoisotopic (exact) mass is 443 g/mol. The Morgan fingerprint density at radius 3 is 2.76 bits per heavy atom. The first-order chi connectivity index (χ1) is 16.0. The molecule has 0 radical (unpaired) electrons. The van der Waals surface area contributed by atoms with E-state index in [-0.39, 0.29) is 30.2 Å². The second-order valence-electron chi connectivity index (χ2n) is 8.49. The van der Waals surface area contributed by atoms with Crippen LogP contribution in [0.25, 0.3) is 17.0 Å². The van der Waals surface area contributed by atoms with Gasteiger partial charge in [0.1, 0.15) is 0 Å². The second kappa shape index (κ2) is 8.24. The standard InChI is InChI=1S/C26H25N3O4/c1-16(30)29-12-9-17-5-3-4-6-19(17)24(29)14-25(31)28-11-10-23-21(15-28)20-13-18(26(32)33-2)7-8-22(20)27-23/h3-9,12-13,24,27H,10-11,14-15H2,1-2H3/t24-/m0/s1. The fourth-order valence-corrected chi connectivity index (χ4v) is 4.88. The Morgan fingerprint density at radius 2 is 1.97 bits per heavy atom. The van der Waals surface area contributed by atoms with Gasteiger partial charge in [0.05, 0.1) is 25.1 Å². The number of amides is 2. The van der Waals surface area contributed by atoms with E-state index in [1.165, 1.54) is 14.0 Å². The summed E-state index contributed by atoms with van der Waals surface area (Å²) in [7, 11) is 1.36. The number of fused-ring (bicyclic) bond motifs is 4. The molecule has 1 N–H and O–H groups in total. The molecule has 2 aliphatic rings. The van der Waals surface area contributed by atoms with E-state index < -0.39 is 0 Å². The number of hydrogen-bond donors (Lipinski definition) is 1. The highest BCUT2D eigenvalue weighted by atomic mass is 16.5. The zero-order valence-corrected chi connectivity index (χ0v) is 18.6. The quantitative estimate of drug-likeness (QED) is 0.624. The lowest BCUT2D eigenvalue weighted by Crippen LogP contribution is -2.39. The number of methoxy groups -OCH3 is 1. The summed E-state index contributed by atoms with van der Waals surface area (Å²) < 4.78 is 4.86. The SMILES string of the molecule is COC(=O)c1ccc2[nH]c3c(c2c1)CN(C(=O)C[C@H]1c2ccccc2C=CN1C(C)=O)CC3. The van der Waals surface area contributed by atoms with Gasteiger partial charge in [-0.05, 0) is 35.4 Å². The summed E-state index contributed by atoms with van der Waals surface area (Å²) in [5.74, 6) is -0.476. The van der Waals surface area contributed by atoms with Crippen LogP contribution in [-0.2, 0) is 27.3 Å². The molecule has 33 heavy (non-hydrogen) atoms. The molecule has 2 amide bonds.